The molecule has 1 aromatic carbocycles. The van der Waals surface area contributed by atoms with Crippen LogP contribution in [0.5, 0.6) is 0 Å². The zero-order valence-electron chi connectivity index (χ0n) is 10.3. The lowest BCUT2D eigenvalue weighted by molar-refractivity contribution is 0.0698. The Balaban J connectivity index is 1.93. The second-order valence-corrected chi connectivity index (χ2v) is 5.04. The molecule has 3 N–H and O–H groups in total. The van der Waals surface area contributed by atoms with E-state index < -0.39 is 12.0 Å². The lowest BCUT2D eigenvalue weighted by Gasteiger charge is -2.10. The molecule has 1 aliphatic rings. The normalized spacial score (nSPS) is 13.9. The van der Waals surface area contributed by atoms with Gasteiger partial charge in [0.2, 0.25) is 0 Å². The van der Waals surface area contributed by atoms with Gasteiger partial charge < -0.3 is 15.7 Å². The molecule has 102 valence electrons. The highest BCUT2D eigenvalue weighted by atomic mass is 35.5. The van der Waals surface area contributed by atoms with Crippen LogP contribution in [0.2, 0.25) is 5.02 Å². The molecule has 0 heterocycles. The molecule has 1 aliphatic carbocycles. The molecule has 0 aromatic heterocycles. The number of carboxylic acid groups (broad SMARTS) is 1. The second kappa shape index (κ2) is 5.93. The van der Waals surface area contributed by atoms with Crippen molar-refractivity contribution in [3.63, 3.8) is 0 Å². The maximum atomic E-state index is 11.6. The number of carboxylic acids is 1. The van der Waals surface area contributed by atoms with E-state index in [1.165, 1.54) is 31.0 Å². The summed E-state index contributed by atoms with van der Waals surface area (Å²) in [6.07, 6.45) is 3.45. The standard InChI is InChI=1S/C13H15ClN2O3/c14-9-3-4-11(10(7-9)12(17)18)16-13(19)15-6-5-8-1-2-8/h3-4,7-8H,1-2,5-6H2,(H,17,18)(H2,15,16,19). The fraction of sp³-hybridized carbons (Fsp3) is 0.385. The number of urea groups is 1. The van der Waals surface area contributed by atoms with Crippen LogP contribution in [0.4, 0.5) is 10.5 Å². The van der Waals surface area contributed by atoms with Gasteiger partial charge in [-0.25, -0.2) is 9.59 Å². The minimum Gasteiger partial charge on any atom is -0.478 e. The predicted molar refractivity (Wildman–Crippen MR) is 72.8 cm³/mol. The molecule has 5 nitrogen and oxygen atoms in total. The molecule has 0 aliphatic heterocycles. The van der Waals surface area contributed by atoms with E-state index in [4.69, 9.17) is 16.7 Å². The predicted octanol–water partition coefficient (Wildman–Crippen LogP) is 2.96. The van der Waals surface area contributed by atoms with Crippen molar-refractivity contribution in [1.29, 1.82) is 0 Å². The molecule has 19 heavy (non-hydrogen) atoms. The number of carbonyl (C=O) groups excluding carboxylic acids is 1. The van der Waals surface area contributed by atoms with E-state index in [-0.39, 0.29) is 11.3 Å². The van der Waals surface area contributed by atoms with Gasteiger partial charge in [-0.05, 0) is 30.5 Å². The van der Waals surface area contributed by atoms with Gasteiger partial charge in [0.25, 0.3) is 0 Å². The zero-order chi connectivity index (χ0) is 13.8. The summed E-state index contributed by atoms with van der Waals surface area (Å²) in [6.45, 7) is 0.604. The van der Waals surface area contributed by atoms with Crippen LogP contribution in [0.1, 0.15) is 29.6 Å². The van der Waals surface area contributed by atoms with Gasteiger partial charge in [-0.2, -0.15) is 0 Å². The molecule has 6 heteroatoms. The lowest BCUT2D eigenvalue weighted by Crippen LogP contribution is -2.30. The Morgan fingerprint density at radius 3 is 2.74 bits per heavy atom. The van der Waals surface area contributed by atoms with Crippen molar-refractivity contribution in [2.45, 2.75) is 19.3 Å². The summed E-state index contributed by atoms with van der Waals surface area (Å²) in [5.41, 5.74) is 0.214. The first kappa shape index (κ1) is 13.7. The zero-order valence-corrected chi connectivity index (χ0v) is 11.0. The van der Waals surface area contributed by atoms with E-state index in [9.17, 15) is 9.59 Å². The van der Waals surface area contributed by atoms with Gasteiger partial charge in [0.05, 0.1) is 11.3 Å². The first-order valence-electron chi connectivity index (χ1n) is 6.14. The summed E-state index contributed by atoms with van der Waals surface area (Å²) in [4.78, 5) is 22.7. The van der Waals surface area contributed by atoms with E-state index in [0.29, 0.717) is 11.6 Å². The molecule has 0 spiro atoms. The Hall–Kier alpha value is -1.75. The van der Waals surface area contributed by atoms with Crippen molar-refractivity contribution in [2.24, 2.45) is 5.92 Å². The Morgan fingerprint density at radius 1 is 1.37 bits per heavy atom. The largest absolute Gasteiger partial charge is 0.478 e. The van der Waals surface area contributed by atoms with Crippen LogP contribution in [0.15, 0.2) is 18.2 Å². The number of anilines is 1. The Labute approximate surface area is 116 Å². The summed E-state index contributed by atoms with van der Waals surface area (Å²) < 4.78 is 0. The van der Waals surface area contributed by atoms with Crippen LogP contribution >= 0.6 is 11.6 Å². The van der Waals surface area contributed by atoms with Crippen LogP contribution in [0.3, 0.4) is 0 Å². The number of amides is 2. The van der Waals surface area contributed by atoms with Crippen LogP contribution < -0.4 is 10.6 Å². The summed E-state index contributed by atoms with van der Waals surface area (Å²) in [5.74, 6) is -0.388. The van der Waals surface area contributed by atoms with Crippen LogP contribution in [-0.2, 0) is 0 Å². The first-order chi connectivity index (χ1) is 9.06. The highest BCUT2D eigenvalue weighted by Crippen LogP contribution is 2.31. The molecule has 0 saturated heterocycles. The Morgan fingerprint density at radius 2 is 2.11 bits per heavy atom. The molecule has 1 fully saturated rings. The van der Waals surface area contributed by atoms with Gasteiger partial charge in [0.1, 0.15) is 0 Å². The average molecular weight is 283 g/mol. The molecule has 0 radical (unpaired) electrons. The quantitative estimate of drug-likeness (QED) is 0.777. The van der Waals surface area contributed by atoms with Crippen LogP contribution in [0, 0.1) is 5.92 Å². The molecule has 0 bridgehead atoms. The lowest BCUT2D eigenvalue weighted by atomic mass is 10.2. The maximum Gasteiger partial charge on any atom is 0.337 e. The third kappa shape index (κ3) is 4.13. The van der Waals surface area contributed by atoms with Crippen molar-refractivity contribution in [2.75, 3.05) is 11.9 Å². The fourth-order valence-corrected chi connectivity index (χ4v) is 1.94. The number of benzene rings is 1. The number of hydrogen-bond donors (Lipinski definition) is 3. The highest BCUT2D eigenvalue weighted by molar-refractivity contribution is 6.31. The monoisotopic (exact) mass is 282 g/mol. The number of hydrogen-bond acceptors (Lipinski definition) is 2. The SMILES string of the molecule is O=C(NCCC1CC1)Nc1ccc(Cl)cc1C(=O)O. The van der Waals surface area contributed by atoms with E-state index in [1.807, 2.05) is 0 Å². The van der Waals surface area contributed by atoms with Gasteiger partial charge in [-0.15, -0.1) is 0 Å². The topological polar surface area (TPSA) is 78.4 Å². The molecule has 2 amide bonds. The number of nitrogens with one attached hydrogen (secondary N) is 2. The molecule has 1 saturated carbocycles. The molecule has 0 atom stereocenters. The minimum atomic E-state index is -1.13. The second-order valence-electron chi connectivity index (χ2n) is 4.61. The molecular formula is C13H15ClN2O3. The van der Waals surface area contributed by atoms with Gasteiger partial charge in [0.15, 0.2) is 0 Å². The summed E-state index contributed by atoms with van der Waals surface area (Å²) in [6, 6.07) is 3.93. The number of carbonyl (C=O) groups is 2. The van der Waals surface area contributed by atoms with Crippen LogP contribution in [-0.4, -0.2) is 23.7 Å². The van der Waals surface area contributed by atoms with Crippen molar-refractivity contribution < 1.29 is 14.7 Å². The summed E-state index contributed by atoms with van der Waals surface area (Å²) in [5, 5.41) is 14.6. The fourth-order valence-electron chi connectivity index (χ4n) is 1.77. The van der Waals surface area contributed by atoms with Gasteiger partial charge in [0, 0.05) is 11.6 Å². The minimum absolute atomic E-state index is 0.0233. The van der Waals surface area contributed by atoms with Crippen molar-refractivity contribution in [1.82, 2.24) is 5.32 Å². The third-order valence-corrected chi connectivity index (χ3v) is 3.23. The van der Waals surface area contributed by atoms with Crippen molar-refractivity contribution >= 4 is 29.3 Å². The van der Waals surface area contributed by atoms with E-state index >= 15 is 0 Å². The number of rotatable bonds is 5. The molecule has 2 rings (SSSR count). The van der Waals surface area contributed by atoms with E-state index in [1.54, 1.807) is 0 Å². The summed E-state index contributed by atoms with van der Waals surface area (Å²) >= 11 is 5.73. The van der Waals surface area contributed by atoms with Gasteiger partial charge in [-0.3, -0.25) is 0 Å². The molecule has 0 unspecified atom stereocenters. The highest BCUT2D eigenvalue weighted by Gasteiger charge is 2.20. The van der Waals surface area contributed by atoms with Gasteiger partial charge >= 0.3 is 12.0 Å². The van der Waals surface area contributed by atoms with E-state index in [2.05, 4.69) is 10.6 Å². The van der Waals surface area contributed by atoms with E-state index in [0.717, 1.165) is 12.3 Å². The number of halogens is 1. The Bertz CT molecular complexity index is 501. The average Bonchev–Trinajstić information content (AvgIpc) is 3.15. The van der Waals surface area contributed by atoms with Gasteiger partial charge in [-0.1, -0.05) is 24.4 Å². The maximum absolute atomic E-state index is 11.6. The summed E-state index contributed by atoms with van der Waals surface area (Å²) in [7, 11) is 0. The third-order valence-electron chi connectivity index (χ3n) is 3.00. The van der Waals surface area contributed by atoms with Crippen molar-refractivity contribution in [3.05, 3.63) is 28.8 Å². The molecule has 1 aromatic rings. The smallest absolute Gasteiger partial charge is 0.337 e. The number of aromatic carboxylic acids is 1. The first-order valence-corrected chi connectivity index (χ1v) is 6.52. The van der Waals surface area contributed by atoms with Crippen LogP contribution in [0.25, 0.3) is 0 Å². The molecular weight excluding hydrogens is 268 g/mol. The van der Waals surface area contributed by atoms with Crippen molar-refractivity contribution in [3.8, 4) is 0 Å². The Kier molecular flexibility index (Phi) is 4.27.